The molecule has 0 atom stereocenters. The minimum atomic E-state index is -0.328. The van der Waals surface area contributed by atoms with Crippen LogP contribution in [0.3, 0.4) is 0 Å². The highest BCUT2D eigenvalue weighted by molar-refractivity contribution is 5.89. The van der Waals surface area contributed by atoms with Crippen LogP contribution in [0.2, 0.25) is 0 Å². The van der Waals surface area contributed by atoms with Crippen LogP contribution in [0.5, 0.6) is 0 Å². The van der Waals surface area contributed by atoms with Crippen LogP contribution in [-0.2, 0) is 6.54 Å². The highest BCUT2D eigenvalue weighted by atomic mass is 16.2. The van der Waals surface area contributed by atoms with E-state index in [0.29, 0.717) is 17.8 Å². The van der Waals surface area contributed by atoms with Crippen molar-refractivity contribution >= 4 is 11.7 Å². The molecule has 18 heavy (non-hydrogen) atoms. The largest absolute Gasteiger partial charge is 0.334 e. The summed E-state index contributed by atoms with van der Waals surface area (Å²) >= 11 is 0. The molecule has 6 heteroatoms. The van der Waals surface area contributed by atoms with Gasteiger partial charge in [0.05, 0.1) is 17.8 Å². The van der Waals surface area contributed by atoms with E-state index in [-0.39, 0.29) is 6.03 Å². The van der Waals surface area contributed by atoms with Gasteiger partial charge in [0, 0.05) is 24.0 Å². The predicted molar refractivity (Wildman–Crippen MR) is 65.6 cm³/mol. The molecule has 90 valence electrons. The van der Waals surface area contributed by atoms with Crippen molar-refractivity contribution in [3.63, 3.8) is 0 Å². The van der Waals surface area contributed by atoms with E-state index in [1.807, 2.05) is 6.07 Å². The molecule has 2 amide bonds. The van der Waals surface area contributed by atoms with Gasteiger partial charge in [0.15, 0.2) is 0 Å². The molecule has 0 fully saturated rings. The second kappa shape index (κ2) is 5.50. The molecule has 0 unspecified atom stereocenters. The first-order chi connectivity index (χ1) is 8.78. The summed E-state index contributed by atoms with van der Waals surface area (Å²) in [5, 5.41) is 20.5. The van der Waals surface area contributed by atoms with Gasteiger partial charge >= 0.3 is 6.03 Å². The number of H-pyrrole nitrogens is 1. The van der Waals surface area contributed by atoms with Crippen LogP contribution in [0.1, 0.15) is 11.1 Å². The number of aromatic amines is 1. The third-order valence-corrected chi connectivity index (χ3v) is 2.26. The Morgan fingerprint density at radius 3 is 3.11 bits per heavy atom. The van der Waals surface area contributed by atoms with Crippen LogP contribution in [0.4, 0.5) is 10.5 Å². The van der Waals surface area contributed by atoms with Gasteiger partial charge in [0.2, 0.25) is 0 Å². The number of rotatable bonds is 3. The predicted octanol–water partition coefficient (Wildman–Crippen LogP) is 1.60. The smallest absolute Gasteiger partial charge is 0.319 e. The highest BCUT2D eigenvalue weighted by Crippen LogP contribution is 2.09. The summed E-state index contributed by atoms with van der Waals surface area (Å²) in [6.45, 7) is 0.389. The Kier molecular flexibility index (Phi) is 3.56. The molecule has 0 bridgehead atoms. The zero-order valence-electron chi connectivity index (χ0n) is 9.47. The molecule has 0 aliphatic heterocycles. The standard InChI is InChI=1S/C12H11N5O/c13-5-9-2-1-3-11(4-9)17-12(18)14-6-10-7-15-16-8-10/h1-4,7-8H,6H2,(H,15,16)(H2,14,17,18). The Labute approximate surface area is 104 Å². The molecule has 0 saturated carbocycles. The first kappa shape index (κ1) is 11.7. The van der Waals surface area contributed by atoms with E-state index >= 15 is 0 Å². The molecule has 1 heterocycles. The average Bonchev–Trinajstić information content (AvgIpc) is 2.90. The molecule has 2 rings (SSSR count). The summed E-state index contributed by atoms with van der Waals surface area (Å²) in [7, 11) is 0. The first-order valence-electron chi connectivity index (χ1n) is 5.30. The van der Waals surface area contributed by atoms with E-state index < -0.39 is 0 Å². The molecule has 0 aliphatic carbocycles. The Bertz CT molecular complexity index is 570. The summed E-state index contributed by atoms with van der Waals surface area (Å²) in [6, 6.07) is 8.40. The molecule has 2 aromatic rings. The molecule has 0 saturated heterocycles. The van der Waals surface area contributed by atoms with Gasteiger partial charge in [0.1, 0.15) is 0 Å². The SMILES string of the molecule is N#Cc1cccc(NC(=O)NCc2cn[nH]c2)c1. The van der Waals surface area contributed by atoms with Gasteiger partial charge in [-0.2, -0.15) is 10.4 Å². The fraction of sp³-hybridized carbons (Fsp3) is 0.0833. The molecule has 3 N–H and O–H groups in total. The van der Waals surface area contributed by atoms with Crippen LogP contribution in [0.15, 0.2) is 36.7 Å². The van der Waals surface area contributed by atoms with Crippen LogP contribution < -0.4 is 10.6 Å². The number of hydrogen-bond donors (Lipinski definition) is 3. The van der Waals surface area contributed by atoms with Gasteiger partial charge in [-0.25, -0.2) is 4.79 Å². The van der Waals surface area contributed by atoms with Crippen molar-refractivity contribution in [1.82, 2.24) is 15.5 Å². The highest BCUT2D eigenvalue weighted by Gasteiger charge is 2.02. The van der Waals surface area contributed by atoms with E-state index in [4.69, 9.17) is 5.26 Å². The molecule has 0 spiro atoms. The van der Waals surface area contributed by atoms with Crippen molar-refractivity contribution in [2.45, 2.75) is 6.54 Å². The third-order valence-electron chi connectivity index (χ3n) is 2.26. The maximum atomic E-state index is 11.6. The lowest BCUT2D eigenvalue weighted by Crippen LogP contribution is -2.28. The first-order valence-corrected chi connectivity index (χ1v) is 5.30. The summed E-state index contributed by atoms with van der Waals surface area (Å²) in [4.78, 5) is 11.6. The molecular weight excluding hydrogens is 230 g/mol. The average molecular weight is 241 g/mol. The van der Waals surface area contributed by atoms with Crippen molar-refractivity contribution in [2.24, 2.45) is 0 Å². The Morgan fingerprint density at radius 1 is 1.50 bits per heavy atom. The summed E-state index contributed by atoms with van der Waals surface area (Å²) in [6.07, 6.45) is 3.34. The number of carbonyl (C=O) groups is 1. The lowest BCUT2D eigenvalue weighted by Gasteiger charge is -2.06. The van der Waals surface area contributed by atoms with Crippen LogP contribution in [0.25, 0.3) is 0 Å². The Morgan fingerprint density at radius 2 is 2.39 bits per heavy atom. The van der Waals surface area contributed by atoms with Gasteiger partial charge in [-0.05, 0) is 18.2 Å². The summed E-state index contributed by atoms with van der Waals surface area (Å²) < 4.78 is 0. The van der Waals surface area contributed by atoms with Gasteiger partial charge < -0.3 is 10.6 Å². The van der Waals surface area contributed by atoms with Crippen LogP contribution >= 0.6 is 0 Å². The van der Waals surface area contributed by atoms with Crippen molar-refractivity contribution in [1.29, 1.82) is 5.26 Å². The number of anilines is 1. The molecule has 0 radical (unpaired) electrons. The molecule has 1 aromatic heterocycles. The maximum absolute atomic E-state index is 11.6. The minimum Gasteiger partial charge on any atom is -0.334 e. The zero-order valence-corrected chi connectivity index (χ0v) is 9.47. The van der Waals surface area contributed by atoms with Crippen molar-refractivity contribution in [3.8, 4) is 6.07 Å². The minimum absolute atomic E-state index is 0.328. The fourth-order valence-corrected chi connectivity index (χ4v) is 1.40. The fourth-order valence-electron chi connectivity index (χ4n) is 1.40. The number of amides is 2. The van der Waals surface area contributed by atoms with Crippen molar-refractivity contribution in [2.75, 3.05) is 5.32 Å². The topological polar surface area (TPSA) is 93.6 Å². The van der Waals surface area contributed by atoms with E-state index in [0.717, 1.165) is 5.56 Å². The van der Waals surface area contributed by atoms with Gasteiger partial charge in [-0.3, -0.25) is 5.10 Å². The molecular formula is C12H11N5O. The quantitative estimate of drug-likeness (QED) is 0.761. The monoisotopic (exact) mass is 241 g/mol. The second-order valence-electron chi connectivity index (χ2n) is 3.61. The summed E-state index contributed by atoms with van der Waals surface area (Å²) in [5.74, 6) is 0. The van der Waals surface area contributed by atoms with Gasteiger partial charge in [0.25, 0.3) is 0 Å². The number of hydrogen-bond acceptors (Lipinski definition) is 3. The maximum Gasteiger partial charge on any atom is 0.319 e. The van der Waals surface area contributed by atoms with Crippen LogP contribution in [-0.4, -0.2) is 16.2 Å². The van der Waals surface area contributed by atoms with E-state index in [1.54, 1.807) is 36.7 Å². The molecule has 0 aliphatic rings. The number of nitrogens with one attached hydrogen (secondary N) is 3. The number of benzene rings is 1. The third kappa shape index (κ3) is 3.09. The van der Waals surface area contributed by atoms with Crippen LogP contribution in [0, 0.1) is 11.3 Å². The lowest BCUT2D eigenvalue weighted by atomic mass is 10.2. The van der Waals surface area contributed by atoms with E-state index in [9.17, 15) is 4.79 Å². The van der Waals surface area contributed by atoms with Crippen molar-refractivity contribution < 1.29 is 4.79 Å². The Balaban J connectivity index is 1.89. The van der Waals surface area contributed by atoms with Crippen molar-refractivity contribution in [3.05, 3.63) is 47.8 Å². The number of aromatic nitrogens is 2. The number of urea groups is 1. The number of nitrogens with zero attached hydrogens (tertiary/aromatic N) is 2. The molecule has 1 aromatic carbocycles. The van der Waals surface area contributed by atoms with E-state index in [2.05, 4.69) is 20.8 Å². The van der Waals surface area contributed by atoms with E-state index in [1.165, 1.54) is 0 Å². The second-order valence-corrected chi connectivity index (χ2v) is 3.61. The zero-order chi connectivity index (χ0) is 12.8. The lowest BCUT2D eigenvalue weighted by molar-refractivity contribution is 0.251. The normalized spacial score (nSPS) is 9.50. The van der Waals surface area contributed by atoms with Gasteiger partial charge in [-0.1, -0.05) is 6.07 Å². The number of carbonyl (C=O) groups excluding carboxylic acids is 1. The Hall–Kier alpha value is -2.81. The summed E-state index contributed by atoms with van der Waals surface area (Å²) in [5.41, 5.74) is 1.97. The molecule has 6 nitrogen and oxygen atoms in total. The van der Waals surface area contributed by atoms with Gasteiger partial charge in [-0.15, -0.1) is 0 Å². The number of nitriles is 1.